The summed E-state index contributed by atoms with van der Waals surface area (Å²) in [6.07, 6.45) is 0.713. The van der Waals surface area contributed by atoms with E-state index in [4.69, 9.17) is 9.52 Å². The lowest BCUT2D eigenvalue weighted by molar-refractivity contribution is -0.142. The molecule has 0 aliphatic heterocycles. The van der Waals surface area contributed by atoms with Crippen LogP contribution in [-0.2, 0) is 28.9 Å². The van der Waals surface area contributed by atoms with E-state index in [1.165, 1.54) is 17.4 Å². The first-order valence-electron chi connectivity index (χ1n) is 7.76. The average Bonchev–Trinajstić information content (AvgIpc) is 3.10. The third kappa shape index (κ3) is 3.39. The van der Waals surface area contributed by atoms with Crippen LogP contribution in [0.4, 0.5) is 8.78 Å². The molecule has 1 heterocycles. The van der Waals surface area contributed by atoms with Crippen LogP contribution in [0.2, 0.25) is 0 Å². The summed E-state index contributed by atoms with van der Waals surface area (Å²) in [6.45, 7) is 0. The summed E-state index contributed by atoms with van der Waals surface area (Å²) in [4.78, 5) is 23.0. The van der Waals surface area contributed by atoms with Gasteiger partial charge in [-0.05, 0) is 42.5 Å². The molecular weight excluding hydrogens is 320 g/mol. The quantitative estimate of drug-likeness (QED) is 0.849. The number of furan rings is 1. The minimum absolute atomic E-state index is 0.112. The third-order valence-corrected chi connectivity index (χ3v) is 4.27. The molecule has 0 saturated carbocycles. The molecule has 2 aromatic rings. The highest BCUT2D eigenvalue weighted by molar-refractivity contribution is 5.90. The molecule has 1 unspecified atom stereocenters. The van der Waals surface area contributed by atoms with Crippen molar-refractivity contribution < 1.29 is 27.9 Å². The number of alkyl halides is 2. The van der Waals surface area contributed by atoms with E-state index in [1.54, 1.807) is 0 Å². The molecule has 0 fully saturated rings. The molecule has 128 valence electrons. The van der Waals surface area contributed by atoms with Crippen molar-refractivity contribution in [2.45, 2.75) is 44.6 Å². The number of carboxylic acids is 1. The molecule has 5 nitrogen and oxygen atoms in total. The zero-order valence-electron chi connectivity index (χ0n) is 12.9. The molecule has 0 saturated heterocycles. The van der Waals surface area contributed by atoms with Gasteiger partial charge in [0.2, 0.25) is 12.3 Å². The molecule has 1 atom stereocenters. The largest absolute Gasteiger partial charge is 0.480 e. The van der Waals surface area contributed by atoms with Crippen LogP contribution in [0.5, 0.6) is 0 Å². The molecule has 7 heteroatoms. The summed E-state index contributed by atoms with van der Waals surface area (Å²) in [5.41, 5.74) is 3.78. The second-order valence-electron chi connectivity index (χ2n) is 5.99. The molecular formula is C17H17F2NO4. The summed E-state index contributed by atoms with van der Waals surface area (Å²) in [7, 11) is 0. The number of carbonyl (C=O) groups is 2. The molecule has 24 heavy (non-hydrogen) atoms. The number of hydrogen-bond acceptors (Lipinski definition) is 3. The zero-order chi connectivity index (χ0) is 17.3. The van der Waals surface area contributed by atoms with Gasteiger partial charge in [0.15, 0.2) is 0 Å². The summed E-state index contributed by atoms with van der Waals surface area (Å²) in [6, 6.07) is 2.37. The van der Waals surface area contributed by atoms with Crippen molar-refractivity contribution in [3.8, 4) is 0 Å². The first-order chi connectivity index (χ1) is 11.4. The molecule has 1 amide bonds. The van der Waals surface area contributed by atoms with Crippen molar-refractivity contribution in [2.24, 2.45) is 0 Å². The minimum atomic E-state index is -2.80. The Morgan fingerprint density at radius 2 is 1.96 bits per heavy atom. The Kier molecular flexibility index (Phi) is 4.51. The van der Waals surface area contributed by atoms with Gasteiger partial charge in [0.05, 0.1) is 12.7 Å². The summed E-state index contributed by atoms with van der Waals surface area (Å²) < 4.78 is 30.2. The SMILES string of the molecule is O=C(Cc1coc2cc3c(cc12)CCC3)NC(CC(F)F)C(=O)O. The van der Waals surface area contributed by atoms with Crippen LogP contribution >= 0.6 is 0 Å². The van der Waals surface area contributed by atoms with E-state index in [0.29, 0.717) is 11.1 Å². The van der Waals surface area contributed by atoms with E-state index in [2.05, 4.69) is 5.32 Å². The minimum Gasteiger partial charge on any atom is -0.480 e. The second kappa shape index (κ2) is 6.59. The highest BCUT2D eigenvalue weighted by atomic mass is 19.3. The number of benzene rings is 1. The number of fused-ring (bicyclic) bond motifs is 2. The van der Waals surface area contributed by atoms with Gasteiger partial charge in [-0.1, -0.05) is 0 Å². The van der Waals surface area contributed by atoms with Crippen LogP contribution < -0.4 is 5.32 Å². The molecule has 2 N–H and O–H groups in total. The van der Waals surface area contributed by atoms with Crippen molar-refractivity contribution in [2.75, 3.05) is 0 Å². The molecule has 3 rings (SSSR count). The number of amides is 1. The van der Waals surface area contributed by atoms with E-state index >= 15 is 0 Å². The van der Waals surface area contributed by atoms with Gasteiger partial charge in [-0.3, -0.25) is 4.79 Å². The fourth-order valence-electron chi connectivity index (χ4n) is 3.10. The van der Waals surface area contributed by atoms with Gasteiger partial charge in [0.1, 0.15) is 11.6 Å². The van der Waals surface area contributed by atoms with E-state index in [-0.39, 0.29) is 6.42 Å². The van der Waals surface area contributed by atoms with Gasteiger partial charge in [-0.25, -0.2) is 13.6 Å². The number of carboxylic acid groups (broad SMARTS) is 1. The monoisotopic (exact) mass is 337 g/mol. The molecule has 1 aromatic carbocycles. The van der Waals surface area contributed by atoms with E-state index in [9.17, 15) is 18.4 Å². The first-order valence-corrected chi connectivity index (χ1v) is 7.76. The number of carbonyl (C=O) groups excluding carboxylic acids is 1. The van der Waals surface area contributed by atoms with Crippen LogP contribution in [0, 0.1) is 0 Å². The molecule has 0 spiro atoms. The summed E-state index contributed by atoms with van der Waals surface area (Å²) in [5.74, 6) is -2.09. The zero-order valence-corrected chi connectivity index (χ0v) is 12.9. The van der Waals surface area contributed by atoms with E-state index in [0.717, 1.165) is 24.6 Å². The standard InChI is InChI=1S/C17H17F2NO4/c18-15(19)7-13(17(22)23)20-16(21)6-11-8-24-14-5-10-3-1-2-9(10)4-12(11)14/h4-5,8,13,15H,1-3,6-7H2,(H,20,21)(H,22,23). The Morgan fingerprint density at radius 3 is 2.62 bits per heavy atom. The van der Waals surface area contributed by atoms with Gasteiger partial charge in [-0.2, -0.15) is 0 Å². The average molecular weight is 337 g/mol. The predicted molar refractivity (Wildman–Crippen MR) is 82.1 cm³/mol. The Hall–Kier alpha value is -2.44. The van der Waals surface area contributed by atoms with Crippen molar-refractivity contribution in [3.63, 3.8) is 0 Å². The highest BCUT2D eigenvalue weighted by Gasteiger charge is 2.25. The molecule has 0 radical (unpaired) electrons. The maximum atomic E-state index is 12.4. The molecule has 1 aliphatic carbocycles. The summed E-state index contributed by atoms with van der Waals surface area (Å²) in [5, 5.41) is 11.9. The van der Waals surface area contributed by atoms with Gasteiger partial charge < -0.3 is 14.8 Å². The lowest BCUT2D eigenvalue weighted by atomic mass is 10.0. The van der Waals surface area contributed by atoms with Crippen molar-refractivity contribution in [1.82, 2.24) is 5.32 Å². The first kappa shape index (κ1) is 16.4. The number of hydrogen-bond donors (Lipinski definition) is 2. The van der Waals surface area contributed by atoms with Crippen molar-refractivity contribution >= 4 is 22.8 Å². The molecule has 1 aromatic heterocycles. The number of rotatable bonds is 6. The fraction of sp³-hybridized carbons (Fsp3) is 0.412. The van der Waals surface area contributed by atoms with Gasteiger partial charge in [0, 0.05) is 17.4 Å². The lowest BCUT2D eigenvalue weighted by Gasteiger charge is -2.13. The second-order valence-corrected chi connectivity index (χ2v) is 5.99. The number of halogens is 2. The maximum absolute atomic E-state index is 12.4. The number of aliphatic carboxylic acids is 1. The topological polar surface area (TPSA) is 79.5 Å². The maximum Gasteiger partial charge on any atom is 0.326 e. The smallest absolute Gasteiger partial charge is 0.326 e. The molecule has 1 aliphatic rings. The number of aryl methyl sites for hydroxylation is 2. The fourth-order valence-corrected chi connectivity index (χ4v) is 3.10. The predicted octanol–water partition coefficient (Wildman–Crippen LogP) is 2.69. The number of nitrogens with one attached hydrogen (secondary N) is 1. The van der Waals surface area contributed by atoms with Crippen molar-refractivity contribution in [3.05, 3.63) is 35.1 Å². The third-order valence-electron chi connectivity index (χ3n) is 4.27. The Labute approximate surface area is 136 Å². The van der Waals surface area contributed by atoms with E-state index < -0.39 is 30.8 Å². The Bertz CT molecular complexity index is 784. The Balaban J connectivity index is 1.74. The van der Waals surface area contributed by atoms with Crippen LogP contribution in [0.3, 0.4) is 0 Å². The highest BCUT2D eigenvalue weighted by Crippen LogP contribution is 2.30. The van der Waals surface area contributed by atoms with Crippen LogP contribution in [0.1, 0.15) is 29.5 Å². The molecule has 0 bridgehead atoms. The van der Waals surface area contributed by atoms with E-state index in [1.807, 2.05) is 12.1 Å². The van der Waals surface area contributed by atoms with Crippen LogP contribution in [0.25, 0.3) is 11.0 Å². The Morgan fingerprint density at radius 1 is 1.25 bits per heavy atom. The summed E-state index contributed by atoms with van der Waals surface area (Å²) >= 11 is 0. The van der Waals surface area contributed by atoms with Gasteiger partial charge in [-0.15, -0.1) is 0 Å². The van der Waals surface area contributed by atoms with Crippen LogP contribution in [0.15, 0.2) is 22.8 Å². The van der Waals surface area contributed by atoms with Gasteiger partial charge in [0.25, 0.3) is 0 Å². The normalized spacial score (nSPS) is 14.8. The van der Waals surface area contributed by atoms with Crippen LogP contribution in [-0.4, -0.2) is 29.5 Å². The van der Waals surface area contributed by atoms with Gasteiger partial charge >= 0.3 is 5.97 Å². The van der Waals surface area contributed by atoms with Crippen molar-refractivity contribution in [1.29, 1.82) is 0 Å². The lowest BCUT2D eigenvalue weighted by Crippen LogP contribution is -2.42.